The van der Waals surface area contributed by atoms with Crippen LogP contribution in [0.5, 0.6) is 23.0 Å². The Hall–Kier alpha value is -3.33. The molecule has 0 atom stereocenters. The fraction of sp³-hybridized carbons (Fsp3) is 0.500. The van der Waals surface area contributed by atoms with Crippen LogP contribution < -0.4 is 29.2 Å². The number of fused-ring (bicyclic) bond motifs is 1. The number of likely N-dealkylation sites (N-methyl/N-ethyl adjacent to an activating group) is 2. The topological polar surface area (TPSA) is 75.7 Å². The van der Waals surface area contributed by atoms with Crippen LogP contribution in [0.2, 0.25) is 0 Å². The van der Waals surface area contributed by atoms with Gasteiger partial charge in [0, 0.05) is 56.7 Å². The van der Waals surface area contributed by atoms with Crippen LogP contribution in [0.4, 0.5) is 16.2 Å². The molecule has 0 saturated carbocycles. The molecule has 0 spiro atoms. The molecule has 1 aliphatic rings. The van der Waals surface area contributed by atoms with E-state index in [9.17, 15) is 4.79 Å². The Morgan fingerprint density at radius 2 is 1.51 bits per heavy atom. The van der Waals surface area contributed by atoms with Gasteiger partial charge in [0.2, 0.25) is 0 Å². The Morgan fingerprint density at radius 1 is 0.857 bits per heavy atom. The van der Waals surface area contributed by atoms with Crippen molar-refractivity contribution in [3.05, 3.63) is 35.9 Å². The first-order valence-electron chi connectivity index (χ1n) is 11.8. The van der Waals surface area contributed by atoms with Crippen LogP contribution in [-0.4, -0.2) is 91.1 Å². The third-order valence-electron chi connectivity index (χ3n) is 6.38. The lowest BCUT2D eigenvalue weighted by Crippen LogP contribution is -2.37. The van der Waals surface area contributed by atoms with Crippen molar-refractivity contribution in [1.29, 1.82) is 0 Å². The minimum Gasteiger partial charge on any atom is -0.493 e. The maximum absolute atomic E-state index is 12.8. The van der Waals surface area contributed by atoms with Crippen LogP contribution in [0.3, 0.4) is 0 Å². The summed E-state index contributed by atoms with van der Waals surface area (Å²) in [5.74, 6) is 2.73. The van der Waals surface area contributed by atoms with Crippen molar-refractivity contribution in [3.8, 4) is 23.0 Å². The maximum atomic E-state index is 12.8. The van der Waals surface area contributed by atoms with E-state index in [1.807, 2.05) is 35.2 Å². The number of rotatable bonds is 12. The number of nitrogens with one attached hydrogen (secondary N) is 1. The van der Waals surface area contributed by atoms with Gasteiger partial charge in [0.15, 0.2) is 23.0 Å². The van der Waals surface area contributed by atoms with Gasteiger partial charge in [-0.15, -0.1) is 0 Å². The minimum atomic E-state index is -0.0770. The maximum Gasteiger partial charge on any atom is 0.321 e. The summed E-state index contributed by atoms with van der Waals surface area (Å²) in [6.07, 6.45) is 1.66. The van der Waals surface area contributed by atoms with Crippen LogP contribution in [0.15, 0.2) is 30.3 Å². The van der Waals surface area contributed by atoms with Crippen molar-refractivity contribution < 1.29 is 23.7 Å². The quantitative estimate of drug-likeness (QED) is 0.492. The Labute approximate surface area is 208 Å². The highest BCUT2D eigenvalue weighted by molar-refractivity contribution is 5.91. The summed E-state index contributed by atoms with van der Waals surface area (Å²) < 4.78 is 21.5. The van der Waals surface area contributed by atoms with Gasteiger partial charge in [-0.25, -0.2) is 4.79 Å². The molecule has 9 heteroatoms. The van der Waals surface area contributed by atoms with Crippen LogP contribution in [0.25, 0.3) is 0 Å². The summed E-state index contributed by atoms with van der Waals surface area (Å²) in [6, 6.07) is 9.64. The second-order valence-corrected chi connectivity index (χ2v) is 8.65. The number of benzene rings is 2. The number of nitrogens with zero attached hydrogens (tertiary/aromatic N) is 3. The van der Waals surface area contributed by atoms with Crippen LogP contribution in [-0.2, 0) is 6.42 Å². The van der Waals surface area contributed by atoms with Crippen molar-refractivity contribution in [3.63, 3.8) is 0 Å². The molecule has 9 nitrogen and oxygen atoms in total. The van der Waals surface area contributed by atoms with Crippen LogP contribution in [0, 0.1) is 0 Å². The Kier molecular flexibility index (Phi) is 9.31. The fourth-order valence-corrected chi connectivity index (χ4v) is 4.16. The van der Waals surface area contributed by atoms with E-state index in [0.717, 1.165) is 60.9 Å². The molecule has 0 radical (unpaired) electrons. The highest BCUT2D eigenvalue weighted by Crippen LogP contribution is 2.35. The summed E-state index contributed by atoms with van der Waals surface area (Å²) in [4.78, 5) is 19.1. The van der Waals surface area contributed by atoms with Crippen LogP contribution >= 0.6 is 0 Å². The number of carbonyl (C=O) groups is 1. The Morgan fingerprint density at radius 3 is 2.20 bits per heavy atom. The number of carbonyl (C=O) groups excluding carboxylic acids is 1. The van der Waals surface area contributed by atoms with E-state index in [1.54, 1.807) is 28.4 Å². The van der Waals surface area contributed by atoms with E-state index in [1.165, 1.54) is 0 Å². The average Bonchev–Trinajstić information content (AvgIpc) is 3.03. The Bertz CT molecular complexity index is 1000. The number of methoxy groups -OCH3 is 4. The Balaban J connectivity index is 1.46. The molecular weight excluding hydrogens is 448 g/mol. The second-order valence-electron chi connectivity index (χ2n) is 8.65. The fourth-order valence-electron chi connectivity index (χ4n) is 4.16. The molecule has 1 heterocycles. The molecule has 0 unspecified atom stereocenters. The molecule has 2 aromatic carbocycles. The molecule has 192 valence electrons. The van der Waals surface area contributed by atoms with E-state index in [2.05, 4.69) is 29.2 Å². The van der Waals surface area contributed by atoms with Crippen molar-refractivity contribution >= 4 is 17.4 Å². The highest BCUT2D eigenvalue weighted by Gasteiger charge is 2.22. The standard InChI is InChI=1S/C26H38N4O5/c1-28(14-15-29(2)20-8-9-22(32-3)24(17-20)34-5)11-7-12-30-13-10-19-16-23(33-4)25(35-6)18-21(19)27-26(30)31/h8-9,16-18H,7,10-15H2,1-6H3,(H,27,31). The molecule has 2 amide bonds. The first-order chi connectivity index (χ1) is 16.9. The molecule has 0 bridgehead atoms. The monoisotopic (exact) mass is 486 g/mol. The van der Waals surface area contributed by atoms with Crippen LogP contribution in [0.1, 0.15) is 12.0 Å². The summed E-state index contributed by atoms with van der Waals surface area (Å²) in [6.45, 7) is 4.04. The van der Waals surface area contributed by atoms with Gasteiger partial charge >= 0.3 is 6.03 Å². The minimum absolute atomic E-state index is 0.0770. The zero-order valence-electron chi connectivity index (χ0n) is 21.7. The lowest BCUT2D eigenvalue weighted by molar-refractivity contribution is 0.209. The normalized spacial score (nSPS) is 13.1. The number of hydrogen-bond acceptors (Lipinski definition) is 7. The number of urea groups is 1. The van der Waals surface area contributed by atoms with E-state index in [4.69, 9.17) is 18.9 Å². The third kappa shape index (κ3) is 6.63. The second kappa shape index (κ2) is 12.4. The molecular formula is C26H38N4O5. The molecule has 0 saturated heterocycles. The zero-order chi connectivity index (χ0) is 25.4. The molecule has 2 aromatic rings. The van der Waals surface area contributed by atoms with Gasteiger partial charge in [0.25, 0.3) is 0 Å². The lowest BCUT2D eigenvalue weighted by atomic mass is 10.1. The number of amides is 2. The summed E-state index contributed by atoms with van der Waals surface area (Å²) in [7, 11) is 10.7. The summed E-state index contributed by atoms with van der Waals surface area (Å²) in [5.41, 5.74) is 2.91. The van der Waals surface area contributed by atoms with Crippen molar-refractivity contribution in [2.24, 2.45) is 0 Å². The van der Waals surface area contributed by atoms with E-state index in [0.29, 0.717) is 24.6 Å². The summed E-state index contributed by atoms with van der Waals surface area (Å²) in [5, 5.41) is 3.02. The van der Waals surface area contributed by atoms with Crippen molar-refractivity contribution in [2.45, 2.75) is 12.8 Å². The number of ether oxygens (including phenoxy) is 4. The molecule has 0 fully saturated rings. The predicted molar refractivity (Wildman–Crippen MR) is 139 cm³/mol. The molecule has 0 aliphatic carbocycles. The predicted octanol–water partition coefficient (Wildman–Crippen LogP) is 3.57. The molecule has 1 N–H and O–H groups in total. The molecule has 0 aromatic heterocycles. The summed E-state index contributed by atoms with van der Waals surface area (Å²) >= 11 is 0. The zero-order valence-corrected chi connectivity index (χ0v) is 21.7. The third-order valence-corrected chi connectivity index (χ3v) is 6.38. The van der Waals surface area contributed by atoms with Gasteiger partial charge in [-0.3, -0.25) is 0 Å². The SMILES string of the molecule is COc1ccc(N(C)CCN(C)CCCN2CCc3cc(OC)c(OC)cc3NC2=O)cc1OC. The first kappa shape index (κ1) is 26.3. The largest absolute Gasteiger partial charge is 0.493 e. The van der Waals surface area contributed by atoms with E-state index < -0.39 is 0 Å². The molecule has 3 rings (SSSR count). The smallest absolute Gasteiger partial charge is 0.321 e. The van der Waals surface area contributed by atoms with E-state index >= 15 is 0 Å². The van der Waals surface area contributed by atoms with Gasteiger partial charge in [0.05, 0.1) is 28.4 Å². The van der Waals surface area contributed by atoms with Gasteiger partial charge < -0.3 is 39.0 Å². The van der Waals surface area contributed by atoms with Crippen molar-refractivity contribution in [2.75, 3.05) is 85.5 Å². The highest BCUT2D eigenvalue weighted by atomic mass is 16.5. The van der Waals surface area contributed by atoms with E-state index in [-0.39, 0.29) is 6.03 Å². The van der Waals surface area contributed by atoms with Gasteiger partial charge in [-0.05, 0) is 50.2 Å². The number of hydrogen-bond donors (Lipinski definition) is 1. The van der Waals surface area contributed by atoms with Gasteiger partial charge in [0.1, 0.15) is 0 Å². The van der Waals surface area contributed by atoms with Gasteiger partial charge in [-0.1, -0.05) is 0 Å². The molecule has 35 heavy (non-hydrogen) atoms. The lowest BCUT2D eigenvalue weighted by Gasteiger charge is -2.25. The van der Waals surface area contributed by atoms with Crippen molar-refractivity contribution in [1.82, 2.24) is 9.80 Å². The molecule has 1 aliphatic heterocycles. The number of anilines is 2. The average molecular weight is 487 g/mol. The van der Waals surface area contributed by atoms with Gasteiger partial charge in [-0.2, -0.15) is 0 Å². The first-order valence-corrected chi connectivity index (χ1v) is 11.8.